The van der Waals surface area contributed by atoms with Gasteiger partial charge in [0, 0.05) is 18.4 Å². The van der Waals surface area contributed by atoms with Gasteiger partial charge >= 0.3 is 0 Å². The van der Waals surface area contributed by atoms with Gasteiger partial charge in [0.1, 0.15) is 5.78 Å². The molecule has 0 amide bonds. The molecule has 0 aromatic heterocycles. The molecule has 2 N–H and O–H groups in total. The van der Waals surface area contributed by atoms with Crippen LogP contribution in [0.1, 0.15) is 48.8 Å². The average Bonchev–Trinajstić information content (AvgIpc) is 2.43. The summed E-state index contributed by atoms with van der Waals surface area (Å²) in [5.41, 5.74) is 9.34. The van der Waals surface area contributed by atoms with Crippen LogP contribution >= 0.6 is 0 Å². The molecule has 0 saturated heterocycles. The zero-order valence-electron chi connectivity index (χ0n) is 12.2. The van der Waals surface area contributed by atoms with Crippen molar-refractivity contribution in [3.63, 3.8) is 0 Å². The lowest BCUT2D eigenvalue weighted by Crippen LogP contribution is -2.41. The van der Waals surface area contributed by atoms with Crippen molar-refractivity contribution in [2.75, 3.05) is 6.54 Å². The maximum Gasteiger partial charge on any atom is 0.144 e. The third-order valence-corrected chi connectivity index (χ3v) is 4.77. The molecule has 0 bridgehead atoms. The van der Waals surface area contributed by atoms with Crippen LogP contribution in [-0.4, -0.2) is 12.3 Å². The number of nitrogens with two attached hydrogens (primary N) is 1. The molecule has 19 heavy (non-hydrogen) atoms. The molecule has 2 nitrogen and oxygen atoms in total. The van der Waals surface area contributed by atoms with E-state index in [0.29, 0.717) is 18.7 Å². The van der Waals surface area contributed by atoms with Gasteiger partial charge in [0.25, 0.3) is 0 Å². The van der Waals surface area contributed by atoms with Crippen molar-refractivity contribution < 1.29 is 4.79 Å². The summed E-state index contributed by atoms with van der Waals surface area (Å²) in [4.78, 5) is 12.7. The molecule has 0 heterocycles. The number of hydrogen-bond donors (Lipinski definition) is 1. The van der Waals surface area contributed by atoms with Gasteiger partial charge in [-0.1, -0.05) is 37.5 Å². The summed E-state index contributed by atoms with van der Waals surface area (Å²) < 4.78 is 0. The smallest absolute Gasteiger partial charge is 0.144 e. The van der Waals surface area contributed by atoms with Gasteiger partial charge < -0.3 is 5.73 Å². The van der Waals surface area contributed by atoms with Gasteiger partial charge in [0.2, 0.25) is 0 Å². The van der Waals surface area contributed by atoms with E-state index in [4.69, 9.17) is 5.73 Å². The second-order valence-corrected chi connectivity index (χ2v) is 6.02. The molecule has 1 aromatic rings. The summed E-state index contributed by atoms with van der Waals surface area (Å²) >= 11 is 0. The van der Waals surface area contributed by atoms with Gasteiger partial charge in [-0.15, -0.1) is 0 Å². The molecular weight excluding hydrogens is 234 g/mol. The largest absolute Gasteiger partial charge is 0.329 e. The molecule has 0 radical (unpaired) electrons. The lowest BCUT2D eigenvalue weighted by Gasteiger charge is -2.35. The van der Waals surface area contributed by atoms with Crippen molar-refractivity contribution in [2.45, 2.75) is 52.4 Å². The van der Waals surface area contributed by atoms with Gasteiger partial charge in [-0.05, 0) is 43.4 Å². The molecule has 1 saturated carbocycles. The maximum atomic E-state index is 12.7. The molecule has 0 unspecified atom stereocenters. The van der Waals surface area contributed by atoms with Gasteiger partial charge in [-0.2, -0.15) is 0 Å². The van der Waals surface area contributed by atoms with E-state index in [2.05, 4.69) is 32.0 Å². The van der Waals surface area contributed by atoms with Crippen molar-refractivity contribution in [1.82, 2.24) is 0 Å². The number of Topliss-reactive ketones (excluding diaryl/α,β-unsaturated/α-hetero) is 1. The Morgan fingerprint density at radius 1 is 1.16 bits per heavy atom. The topological polar surface area (TPSA) is 43.1 Å². The fourth-order valence-electron chi connectivity index (χ4n) is 3.30. The Morgan fingerprint density at radius 2 is 1.74 bits per heavy atom. The van der Waals surface area contributed by atoms with Crippen molar-refractivity contribution >= 4 is 5.78 Å². The van der Waals surface area contributed by atoms with Crippen LogP contribution in [0, 0.1) is 19.3 Å². The molecule has 1 aromatic carbocycles. The Bertz CT molecular complexity index is 438. The Hall–Kier alpha value is -1.15. The maximum absolute atomic E-state index is 12.7. The highest BCUT2D eigenvalue weighted by Gasteiger charge is 2.37. The molecule has 0 aliphatic heterocycles. The quantitative estimate of drug-likeness (QED) is 0.901. The second kappa shape index (κ2) is 5.87. The molecule has 1 aliphatic rings. The van der Waals surface area contributed by atoms with E-state index in [1.54, 1.807) is 0 Å². The highest BCUT2D eigenvalue weighted by atomic mass is 16.1. The van der Waals surface area contributed by atoms with Gasteiger partial charge in [0.15, 0.2) is 0 Å². The first-order chi connectivity index (χ1) is 9.09. The molecule has 2 rings (SSSR count). The number of carbonyl (C=O) groups is 1. The average molecular weight is 259 g/mol. The predicted octanol–water partition coefficient (Wildman–Crippen LogP) is 3.32. The Morgan fingerprint density at radius 3 is 2.26 bits per heavy atom. The molecule has 104 valence electrons. The van der Waals surface area contributed by atoms with E-state index in [9.17, 15) is 4.79 Å². The second-order valence-electron chi connectivity index (χ2n) is 6.02. The van der Waals surface area contributed by atoms with Crippen LogP contribution in [-0.2, 0) is 11.2 Å². The third kappa shape index (κ3) is 2.89. The Balaban J connectivity index is 2.20. The Kier molecular flexibility index (Phi) is 4.41. The summed E-state index contributed by atoms with van der Waals surface area (Å²) in [7, 11) is 0. The monoisotopic (exact) mass is 259 g/mol. The van der Waals surface area contributed by atoms with E-state index >= 15 is 0 Å². The number of aryl methyl sites for hydroxylation is 2. The van der Waals surface area contributed by atoms with Crippen LogP contribution in [0.25, 0.3) is 0 Å². The van der Waals surface area contributed by atoms with Crippen LogP contribution in [0.3, 0.4) is 0 Å². The predicted molar refractivity (Wildman–Crippen MR) is 79.2 cm³/mol. The van der Waals surface area contributed by atoms with Crippen LogP contribution in [0.15, 0.2) is 18.2 Å². The molecule has 2 heteroatoms. The summed E-state index contributed by atoms with van der Waals surface area (Å²) in [6, 6.07) is 6.23. The fourth-order valence-corrected chi connectivity index (χ4v) is 3.30. The lowest BCUT2D eigenvalue weighted by molar-refractivity contribution is -0.129. The van der Waals surface area contributed by atoms with Gasteiger partial charge in [-0.3, -0.25) is 4.79 Å². The third-order valence-electron chi connectivity index (χ3n) is 4.77. The highest BCUT2D eigenvalue weighted by molar-refractivity contribution is 5.87. The molecular formula is C17H25NO. The van der Waals surface area contributed by atoms with Crippen LogP contribution in [0.2, 0.25) is 0 Å². The van der Waals surface area contributed by atoms with Crippen molar-refractivity contribution in [3.05, 3.63) is 34.9 Å². The summed E-state index contributed by atoms with van der Waals surface area (Å²) in [5, 5.41) is 0. The van der Waals surface area contributed by atoms with E-state index in [1.807, 2.05) is 0 Å². The van der Waals surface area contributed by atoms with Crippen molar-refractivity contribution in [2.24, 2.45) is 11.1 Å². The van der Waals surface area contributed by atoms with Crippen molar-refractivity contribution in [3.8, 4) is 0 Å². The van der Waals surface area contributed by atoms with E-state index in [0.717, 1.165) is 25.7 Å². The number of benzene rings is 1. The lowest BCUT2D eigenvalue weighted by atomic mass is 9.69. The minimum atomic E-state index is -0.243. The first kappa shape index (κ1) is 14.3. The van der Waals surface area contributed by atoms with Crippen molar-refractivity contribution in [1.29, 1.82) is 0 Å². The zero-order valence-corrected chi connectivity index (χ0v) is 12.2. The standard InChI is InChI=1S/C17H25NO/c1-13-7-6-8-14(2)15(13)11-16(19)17(12-18)9-4-3-5-10-17/h6-8H,3-5,9-12,18H2,1-2H3. The number of ketones is 1. The van der Waals surface area contributed by atoms with Crippen LogP contribution in [0.5, 0.6) is 0 Å². The summed E-state index contributed by atoms with van der Waals surface area (Å²) in [6.07, 6.45) is 6.06. The SMILES string of the molecule is Cc1cccc(C)c1CC(=O)C1(CN)CCCCC1. The first-order valence-electron chi connectivity index (χ1n) is 7.37. The minimum absolute atomic E-state index is 0.243. The molecule has 0 atom stereocenters. The zero-order chi connectivity index (χ0) is 13.9. The number of hydrogen-bond acceptors (Lipinski definition) is 2. The molecule has 1 aliphatic carbocycles. The molecule has 1 fully saturated rings. The fraction of sp³-hybridized carbons (Fsp3) is 0.588. The van der Waals surface area contributed by atoms with Crippen LogP contribution < -0.4 is 5.73 Å². The van der Waals surface area contributed by atoms with E-state index in [1.165, 1.54) is 23.1 Å². The summed E-state index contributed by atoms with van der Waals surface area (Å²) in [5.74, 6) is 0.354. The van der Waals surface area contributed by atoms with E-state index in [-0.39, 0.29) is 5.41 Å². The van der Waals surface area contributed by atoms with E-state index < -0.39 is 0 Å². The van der Waals surface area contributed by atoms with Gasteiger partial charge in [-0.25, -0.2) is 0 Å². The minimum Gasteiger partial charge on any atom is -0.329 e. The number of rotatable bonds is 4. The normalized spacial score (nSPS) is 18.3. The number of carbonyl (C=O) groups excluding carboxylic acids is 1. The highest BCUT2D eigenvalue weighted by Crippen LogP contribution is 2.37. The van der Waals surface area contributed by atoms with Crippen LogP contribution in [0.4, 0.5) is 0 Å². The van der Waals surface area contributed by atoms with Gasteiger partial charge in [0.05, 0.1) is 0 Å². The Labute approximate surface area is 116 Å². The first-order valence-corrected chi connectivity index (χ1v) is 7.37. The molecule has 0 spiro atoms. The summed E-state index contributed by atoms with van der Waals surface area (Å²) in [6.45, 7) is 4.69.